The van der Waals surface area contributed by atoms with Gasteiger partial charge in [-0.15, -0.1) is 0 Å². The van der Waals surface area contributed by atoms with Crippen LogP contribution < -0.4 is 5.56 Å². The monoisotopic (exact) mass is 583 g/mol. The summed E-state index contributed by atoms with van der Waals surface area (Å²) in [6.07, 6.45) is 0. The average Bonchev–Trinajstić information content (AvgIpc) is 3.73. The normalized spacial score (nSPS) is 13.9. The van der Waals surface area contributed by atoms with Crippen molar-refractivity contribution in [3.8, 4) is 33.4 Å². The highest BCUT2D eigenvalue weighted by Crippen LogP contribution is 2.63. The number of hydrogen-bond donors (Lipinski definition) is 0. The number of pyridine rings is 1. The van der Waals surface area contributed by atoms with Crippen LogP contribution >= 0.6 is 0 Å². The standard InChI is InChI=1S/C44H25NO/c46-43-34-16-2-1-11-28(34)35-23-27(24-36-33-15-6-10-20-41(33)45(43)42(35)36)26-21-22-32-31-14-5-9-19-39(31)44(40(32)25-26)37-17-7-3-12-29(37)30-13-4-8-18-38(30)44/h1-25H. The Morgan fingerprint density at radius 1 is 0.391 bits per heavy atom. The number of hydrogen-bond acceptors (Lipinski definition) is 1. The Hall–Kier alpha value is -5.99. The van der Waals surface area contributed by atoms with Crippen molar-refractivity contribution >= 4 is 38.0 Å². The van der Waals surface area contributed by atoms with Gasteiger partial charge in [-0.3, -0.25) is 9.20 Å². The van der Waals surface area contributed by atoms with Crippen LogP contribution in [0.15, 0.2) is 156 Å². The molecule has 9 aromatic rings. The minimum Gasteiger partial charge on any atom is -0.275 e. The molecule has 2 heterocycles. The van der Waals surface area contributed by atoms with E-state index in [1.807, 2.05) is 28.7 Å². The van der Waals surface area contributed by atoms with Crippen molar-refractivity contribution in [1.82, 2.24) is 4.40 Å². The van der Waals surface area contributed by atoms with E-state index in [0.717, 1.165) is 43.5 Å². The fourth-order valence-electron chi connectivity index (χ4n) is 8.98. The minimum atomic E-state index is -0.386. The summed E-state index contributed by atoms with van der Waals surface area (Å²) in [5.41, 5.74) is 14.5. The van der Waals surface area contributed by atoms with Gasteiger partial charge in [0, 0.05) is 21.5 Å². The summed E-state index contributed by atoms with van der Waals surface area (Å²) in [4.78, 5) is 13.9. The summed E-state index contributed by atoms with van der Waals surface area (Å²) >= 11 is 0. The van der Waals surface area contributed by atoms with Crippen molar-refractivity contribution in [2.75, 3.05) is 0 Å². The first-order valence-corrected chi connectivity index (χ1v) is 15.9. The van der Waals surface area contributed by atoms with E-state index in [4.69, 9.17) is 0 Å². The molecular weight excluding hydrogens is 558 g/mol. The first-order chi connectivity index (χ1) is 22.7. The van der Waals surface area contributed by atoms with Gasteiger partial charge < -0.3 is 0 Å². The summed E-state index contributed by atoms with van der Waals surface area (Å²) in [6.45, 7) is 0. The lowest BCUT2D eigenvalue weighted by atomic mass is 9.70. The summed E-state index contributed by atoms with van der Waals surface area (Å²) in [7, 11) is 0. The van der Waals surface area contributed by atoms with E-state index in [2.05, 4.69) is 127 Å². The maximum atomic E-state index is 13.9. The quantitative estimate of drug-likeness (QED) is 0.176. The molecule has 0 saturated heterocycles. The lowest BCUT2D eigenvalue weighted by Gasteiger charge is -2.30. The van der Waals surface area contributed by atoms with Crippen molar-refractivity contribution in [3.63, 3.8) is 0 Å². The van der Waals surface area contributed by atoms with Crippen molar-refractivity contribution in [2.24, 2.45) is 0 Å². The molecule has 0 saturated carbocycles. The van der Waals surface area contributed by atoms with E-state index in [1.165, 1.54) is 50.1 Å². The van der Waals surface area contributed by atoms with E-state index >= 15 is 0 Å². The molecule has 0 radical (unpaired) electrons. The van der Waals surface area contributed by atoms with Crippen LogP contribution in [-0.2, 0) is 5.41 Å². The van der Waals surface area contributed by atoms with Crippen LogP contribution in [0.25, 0.3) is 71.3 Å². The van der Waals surface area contributed by atoms with Gasteiger partial charge in [-0.25, -0.2) is 0 Å². The highest BCUT2D eigenvalue weighted by atomic mass is 16.1. The molecular formula is C44H25NO. The molecule has 2 aliphatic carbocycles. The van der Waals surface area contributed by atoms with Crippen LogP contribution in [0.4, 0.5) is 0 Å². The summed E-state index contributed by atoms with van der Waals surface area (Å²) < 4.78 is 1.92. The molecule has 2 heteroatoms. The van der Waals surface area contributed by atoms with E-state index in [9.17, 15) is 4.79 Å². The smallest absolute Gasteiger partial charge is 0.263 e. The van der Waals surface area contributed by atoms with Crippen LogP contribution in [0.3, 0.4) is 0 Å². The van der Waals surface area contributed by atoms with Gasteiger partial charge in [0.2, 0.25) is 0 Å². The maximum absolute atomic E-state index is 13.9. The van der Waals surface area contributed by atoms with E-state index < -0.39 is 0 Å². The first-order valence-electron chi connectivity index (χ1n) is 15.9. The molecule has 0 atom stereocenters. The molecule has 2 nitrogen and oxygen atoms in total. The third-order valence-electron chi connectivity index (χ3n) is 10.7. The topological polar surface area (TPSA) is 21.5 Å². The van der Waals surface area contributed by atoms with Gasteiger partial charge in [-0.2, -0.15) is 0 Å². The van der Waals surface area contributed by atoms with Gasteiger partial charge in [0.05, 0.1) is 16.4 Å². The summed E-state index contributed by atoms with van der Waals surface area (Å²) in [5, 5.41) is 5.07. The molecule has 0 N–H and O–H groups in total. The Labute approximate surface area is 264 Å². The van der Waals surface area contributed by atoms with Gasteiger partial charge in [0.25, 0.3) is 5.56 Å². The van der Waals surface area contributed by atoms with Gasteiger partial charge in [0.1, 0.15) is 0 Å². The molecule has 2 aliphatic rings. The number of rotatable bonds is 1. The lowest BCUT2D eigenvalue weighted by Crippen LogP contribution is -2.25. The Morgan fingerprint density at radius 2 is 0.891 bits per heavy atom. The van der Waals surface area contributed by atoms with Crippen molar-refractivity contribution < 1.29 is 0 Å². The predicted octanol–water partition coefficient (Wildman–Crippen LogP) is 10.2. The second-order valence-corrected chi connectivity index (χ2v) is 12.8. The highest BCUT2D eigenvalue weighted by molar-refractivity contribution is 6.21. The van der Waals surface area contributed by atoms with Crippen molar-refractivity contribution in [3.05, 3.63) is 184 Å². The van der Waals surface area contributed by atoms with Crippen LogP contribution in [-0.4, -0.2) is 4.40 Å². The van der Waals surface area contributed by atoms with Crippen molar-refractivity contribution in [1.29, 1.82) is 0 Å². The molecule has 46 heavy (non-hydrogen) atoms. The summed E-state index contributed by atoms with van der Waals surface area (Å²) in [6, 6.07) is 54.9. The molecule has 1 spiro atoms. The molecule has 0 unspecified atom stereocenters. The van der Waals surface area contributed by atoms with E-state index in [0.29, 0.717) is 0 Å². The molecule has 0 bridgehead atoms. The average molecular weight is 584 g/mol. The second-order valence-electron chi connectivity index (χ2n) is 12.8. The van der Waals surface area contributed by atoms with E-state index in [1.54, 1.807) is 0 Å². The summed E-state index contributed by atoms with van der Waals surface area (Å²) in [5.74, 6) is 0. The Bertz CT molecular complexity index is 2770. The fourth-order valence-corrected chi connectivity index (χ4v) is 8.98. The van der Waals surface area contributed by atoms with Gasteiger partial charge in [0.15, 0.2) is 0 Å². The third-order valence-corrected chi connectivity index (χ3v) is 10.7. The van der Waals surface area contributed by atoms with Gasteiger partial charge in [-0.05, 0) is 91.4 Å². The zero-order chi connectivity index (χ0) is 30.1. The molecule has 7 aromatic carbocycles. The zero-order valence-electron chi connectivity index (χ0n) is 24.8. The van der Waals surface area contributed by atoms with Gasteiger partial charge in [-0.1, -0.05) is 121 Å². The van der Waals surface area contributed by atoms with E-state index in [-0.39, 0.29) is 11.0 Å². The maximum Gasteiger partial charge on any atom is 0.263 e. The van der Waals surface area contributed by atoms with Crippen LogP contribution in [0.2, 0.25) is 0 Å². The largest absolute Gasteiger partial charge is 0.275 e. The fraction of sp³-hybridized carbons (Fsp3) is 0.0227. The predicted molar refractivity (Wildman–Crippen MR) is 189 cm³/mol. The molecule has 0 amide bonds. The van der Waals surface area contributed by atoms with Crippen molar-refractivity contribution in [2.45, 2.75) is 5.41 Å². The van der Waals surface area contributed by atoms with Crippen LogP contribution in [0.5, 0.6) is 0 Å². The minimum absolute atomic E-state index is 0.0397. The highest BCUT2D eigenvalue weighted by Gasteiger charge is 2.51. The third kappa shape index (κ3) is 2.73. The van der Waals surface area contributed by atoms with Crippen LogP contribution in [0.1, 0.15) is 22.3 Å². The van der Waals surface area contributed by atoms with Gasteiger partial charge >= 0.3 is 0 Å². The molecule has 0 fully saturated rings. The Balaban J connectivity index is 1.26. The lowest BCUT2D eigenvalue weighted by molar-refractivity contribution is 0.794. The molecule has 0 aliphatic heterocycles. The number of fused-ring (bicyclic) bond motifs is 15. The number of aromatic nitrogens is 1. The SMILES string of the molecule is O=c1c2ccccc2c2cc(-c3ccc4c(c3)C3(c5ccccc5-c5ccccc53)c3ccccc3-4)cc3c4ccccc4n1c23. The van der Waals surface area contributed by atoms with Crippen LogP contribution in [0, 0.1) is 0 Å². The number of nitrogens with zero attached hydrogens (tertiary/aromatic N) is 1. The first kappa shape index (κ1) is 24.3. The zero-order valence-corrected chi connectivity index (χ0v) is 24.8. The Morgan fingerprint density at radius 3 is 1.54 bits per heavy atom. The second kappa shape index (κ2) is 8.38. The molecule has 11 rings (SSSR count). The Kier molecular flexibility index (Phi) is 4.43. The number of para-hydroxylation sites is 1. The number of benzene rings is 7. The molecule has 2 aromatic heterocycles. The molecule has 212 valence electrons.